The van der Waals surface area contributed by atoms with Gasteiger partial charge in [0.2, 0.25) is 10.0 Å². The number of carbonyl (C=O) groups is 2. The van der Waals surface area contributed by atoms with Gasteiger partial charge in [-0.25, -0.2) is 22.9 Å². The van der Waals surface area contributed by atoms with Gasteiger partial charge in [0.1, 0.15) is 5.82 Å². The molecular weight excluding hydrogens is 479 g/mol. The molecule has 0 bridgehead atoms. The topological polar surface area (TPSA) is 122 Å². The molecule has 3 aromatic rings. The molecule has 1 fully saturated rings. The Kier molecular flexibility index (Phi) is 5.31. The zero-order chi connectivity index (χ0) is 24.0. The summed E-state index contributed by atoms with van der Waals surface area (Å²) in [6.45, 7) is 0. The maximum atomic E-state index is 13.5. The van der Waals surface area contributed by atoms with Crippen molar-refractivity contribution in [3.05, 3.63) is 89.1 Å². The number of carbonyl (C=O) groups excluding carboxylic acids is 2. The molecule has 0 saturated carbocycles. The quantitative estimate of drug-likeness (QED) is 0.539. The van der Waals surface area contributed by atoms with Crippen LogP contribution in [0.1, 0.15) is 5.56 Å². The molecule has 2 aliphatic heterocycles. The average Bonchev–Trinajstić information content (AvgIpc) is 3.29. The van der Waals surface area contributed by atoms with Crippen LogP contribution in [0, 0.1) is 5.82 Å². The Morgan fingerprint density at radius 1 is 0.941 bits per heavy atom. The SMILES string of the molecule is NS(=O)(=O)c1ccc(/N=C2\S/C(=C3\C(=O)Nc4ccccc43)C(=O)N2c2ccc(F)cc2)cc1. The zero-order valence-corrected chi connectivity index (χ0v) is 18.9. The number of sulfonamides is 1. The van der Waals surface area contributed by atoms with Crippen LogP contribution in [0.25, 0.3) is 5.57 Å². The molecule has 0 atom stereocenters. The van der Waals surface area contributed by atoms with Gasteiger partial charge < -0.3 is 5.32 Å². The lowest BCUT2D eigenvalue weighted by molar-refractivity contribution is -0.114. The highest BCUT2D eigenvalue weighted by Gasteiger charge is 2.40. The molecule has 5 rings (SSSR count). The number of rotatable bonds is 3. The summed E-state index contributed by atoms with van der Waals surface area (Å²) in [7, 11) is -3.87. The van der Waals surface area contributed by atoms with Crippen molar-refractivity contribution in [3.63, 3.8) is 0 Å². The molecule has 0 aromatic heterocycles. The number of primary sulfonamides is 1. The lowest BCUT2D eigenvalue weighted by atomic mass is 10.1. The molecule has 1 saturated heterocycles. The van der Waals surface area contributed by atoms with E-state index in [1.165, 1.54) is 53.4 Å². The third-order valence-electron chi connectivity index (χ3n) is 5.16. The first-order chi connectivity index (χ1) is 16.2. The Bertz CT molecular complexity index is 1520. The van der Waals surface area contributed by atoms with Crippen molar-refractivity contribution in [2.24, 2.45) is 10.1 Å². The molecule has 3 N–H and O–H groups in total. The lowest BCUT2D eigenvalue weighted by Crippen LogP contribution is -2.29. The maximum Gasteiger partial charge on any atom is 0.272 e. The number of thioether (sulfide) groups is 1. The highest BCUT2D eigenvalue weighted by atomic mass is 32.2. The average molecular weight is 495 g/mol. The van der Waals surface area contributed by atoms with Crippen LogP contribution in [0.5, 0.6) is 0 Å². The van der Waals surface area contributed by atoms with E-state index >= 15 is 0 Å². The number of fused-ring (bicyclic) bond motifs is 1. The zero-order valence-electron chi connectivity index (χ0n) is 17.2. The minimum absolute atomic E-state index is 0.0796. The van der Waals surface area contributed by atoms with Gasteiger partial charge in [0.15, 0.2) is 5.17 Å². The van der Waals surface area contributed by atoms with E-state index < -0.39 is 27.7 Å². The van der Waals surface area contributed by atoms with Crippen molar-refractivity contribution in [1.82, 2.24) is 0 Å². The fraction of sp³-hybridized carbons (Fsp3) is 0. The number of anilines is 2. The van der Waals surface area contributed by atoms with Gasteiger partial charge in [-0.15, -0.1) is 0 Å². The fourth-order valence-corrected chi connectivity index (χ4v) is 5.19. The number of nitrogens with one attached hydrogen (secondary N) is 1. The van der Waals surface area contributed by atoms with Crippen LogP contribution in [-0.2, 0) is 19.6 Å². The first-order valence-corrected chi connectivity index (χ1v) is 12.2. The first-order valence-electron chi connectivity index (χ1n) is 9.87. The number of hydrogen-bond donors (Lipinski definition) is 2. The molecule has 11 heteroatoms. The standard InChI is InChI=1S/C23H15FN4O4S2/c24-13-5-9-15(10-6-13)28-22(30)20(19-17-3-1-2-4-18(17)27-21(19)29)33-23(28)26-14-7-11-16(12-8-14)34(25,31)32/h1-12H,(H,27,29)(H2,25,31,32)/b20-19-,26-23-. The van der Waals surface area contributed by atoms with Crippen molar-refractivity contribution < 1.29 is 22.4 Å². The predicted octanol–water partition coefficient (Wildman–Crippen LogP) is 3.60. The monoisotopic (exact) mass is 494 g/mol. The van der Waals surface area contributed by atoms with Crippen molar-refractivity contribution in [2.75, 3.05) is 10.2 Å². The number of aliphatic imine (C=N–C) groups is 1. The molecule has 8 nitrogen and oxygen atoms in total. The van der Waals surface area contributed by atoms with Crippen molar-refractivity contribution in [3.8, 4) is 0 Å². The van der Waals surface area contributed by atoms with E-state index in [4.69, 9.17) is 5.14 Å². The number of benzene rings is 3. The van der Waals surface area contributed by atoms with Gasteiger partial charge in [0.05, 0.1) is 26.7 Å². The molecule has 2 amide bonds. The summed E-state index contributed by atoms with van der Waals surface area (Å²) >= 11 is 1.00. The third-order valence-corrected chi connectivity index (χ3v) is 7.12. The Morgan fingerprint density at radius 2 is 1.62 bits per heavy atom. The van der Waals surface area contributed by atoms with Crippen LogP contribution in [0.2, 0.25) is 0 Å². The Labute approximate surface area is 198 Å². The Balaban J connectivity index is 1.64. The summed E-state index contributed by atoms with van der Waals surface area (Å²) in [5, 5.41) is 8.12. The van der Waals surface area contributed by atoms with Crippen LogP contribution < -0.4 is 15.4 Å². The molecule has 0 radical (unpaired) electrons. The van der Waals surface area contributed by atoms with Crippen LogP contribution in [0.4, 0.5) is 21.5 Å². The Morgan fingerprint density at radius 3 is 2.29 bits per heavy atom. The molecule has 0 aliphatic carbocycles. The summed E-state index contributed by atoms with van der Waals surface area (Å²) in [6, 6.07) is 17.8. The van der Waals surface area contributed by atoms with Crippen LogP contribution in [0.3, 0.4) is 0 Å². The first kappa shape index (κ1) is 22.0. The van der Waals surface area contributed by atoms with Gasteiger partial charge in [-0.1, -0.05) is 18.2 Å². The van der Waals surface area contributed by atoms with Crippen molar-refractivity contribution in [2.45, 2.75) is 4.90 Å². The van der Waals surface area contributed by atoms with Gasteiger partial charge in [0.25, 0.3) is 11.8 Å². The molecule has 170 valence electrons. The second kappa shape index (κ2) is 8.20. The number of hydrogen-bond acceptors (Lipinski definition) is 6. The summed E-state index contributed by atoms with van der Waals surface area (Å²) in [5.74, 6) is -1.36. The van der Waals surface area contributed by atoms with Gasteiger partial charge in [-0.05, 0) is 66.4 Å². The highest BCUT2D eigenvalue weighted by Crippen LogP contribution is 2.44. The van der Waals surface area contributed by atoms with E-state index in [2.05, 4.69) is 10.3 Å². The van der Waals surface area contributed by atoms with E-state index in [1.54, 1.807) is 24.3 Å². The minimum atomic E-state index is -3.87. The number of amidine groups is 1. The lowest BCUT2D eigenvalue weighted by Gasteiger charge is -2.15. The highest BCUT2D eigenvalue weighted by molar-refractivity contribution is 8.19. The van der Waals surface area contributed by atoms with Crippen molar-refractivity contribution in [1.29, 1.82) is 0 Å². The molecule has 34 heavy (non-hydrogen) atoms. The number of nitrogens with zero attached hydrogens (tertiary/aromatic N) is 2. The fourth-order valence-electron chi connectivity index (χ4n) is 3.58. The number of amides is 2. The van der Waals surface area contributed by atoms with Crippen LogP contribution in [0.15, 0.2) is 87.6 Å². The smallest absolute Gasteiger partial charge is 0.272 e. The maximum absolute atomic E-state index is 13.5. The van der Waals surface area contributed by atoms with E-state index in [9.17, 15) is 22.4 Å². The summed E-state index contributed by atoms with van der Waals surface area (Å²) < 4.78 is 36.6. The minimum Gasteiger partial charge on any atom is -0.321 e. The molecule has 2 heterocycles. The Hall–Kier alpha value is -3.80. The van der Waals surface area contributed by atoms with E-state index in [0.29, 0.717) is 22.6 Å². The van der Waals surface area contributed by atoms with Gasteiger partial charge in [0, 0.05) is 11.3 Å². The molecule has 0 spiro atoms. The second-order valence-electron chi connectivity index (χ2n) is 7.36. The van der Waals surface area contributed by atoms with Crippen LogP contribution in [-0.4, -0.2) is 25.4 Å². The predicted molar refractivity (Wildman–Crippen MR) is 128 cm³/mol. The second-order valence-corrected chi connectivity index (χ2v) is 9.90. The van der Waals surface area contributed by atoms with Crippen LogP contribution >= 0.6 is 11.8 Å². The normalized spacial score (nSPS) is 19.0. The van der Waals surface area contributed by atoms with Gasteiger partial charge in [-0.3, -0.25) is 14.5 Å². The summed E-state index contributed by atoms with van der Waals surface area (Å²) in [4.78, 5) is 32.1. The molecule has 2 aliphatic rings. The van der Waals surface area contributed by atoms with Crippen molar-refractivity contribution >= 4 is 61.4 Å². The molecule has 3 aromatic carbocycles. The van der Waals surface area contributed by atoms with E-state index in [1.807, 2.05) is 0 Å². The number of halogens is 1. The number of nitrogens with two attached hydrogens (primary N) is 1. The number of para-hydroxylation sites is 1. The largest absolute Gasteiger partial charge is 0.321 e. The summed E-state index contributed by atoms with van der Waals surface area (Å²) in [5.41, 5.74) is 2.15. The molecular formula is C23H15FN4O4S2. The third kappa shape index (κ3) is 3.89. The van der Waals surface area contributed by atoms with E-state index in [0.717, 1.165) is 11.8 Å². The summed E-state index contributed by atoms with van der Waals surface area (Å²) in [6.07, 6.45) is 0. The van der Waals surface area contributed by atoms with E-state index in [-0.39, 0.29) is 20.5 Å². The van der Waals surface area contributed by atoms with Gasteiger partial charge in [-0.2, -0.15) is 0 Å². The molecule has 0 unspecified atom stereocenters. The van der Waals surface area contributed by atoms with Gasteiger partial charge >= 0.3 is 0 Å².